The Bertz CT molecular complexity index is 530. The van der Waals surface area contributed by atoms with Crippen molar-refractivity contribution in [2.45, 2.75) is 258 Å². The number of carbonyl (C=O) groups is 1. The minimum Gasteiger partial charge on any atom is -0.550 e. The Morgan fingerprint density at radius 3 is 0.636 bits per heavy atom. The van der Waals surface area contributed by atoms with E-state index in [1.165, 1.54) is 218 Å². The lowest BCUT2D eigenvalue weighted by molar-refractivity contribution is -0.312. The molecule has 1 atom stereocenters. The number of unbranched alkanes of at least 4 members (excludes halogenated alkanes) is 34. The van der Waals surface area contributed by atoms with Crippen LogP contribution >= 0.6 is 0 Å². The molecule has 0 saturated heterocycles. The third-order valence-electron chi connectivity index (χ3n) is 10.1. The summed E-state index contributed by atoms with van der Waals surface area (Å²) in [6.07, 6.45) is 51.3. The quantitative estimate of drug-likeness (QED) is 0.0642. The summed E-state index contributed by atoms with van der Waals surface area (Å²) >= 11 is 0. The highest BCUT2D eigenvalue weighted by molar-refractivity contribution is 5.67. The predicted octanol–water partition coefficient (Wildman–Crippen LogP) is 14.2. The summed E-state index contributed by atoms with van der Waals surface area (Å²) in [6, 6.07) is 0. The molecule has 0 aromatic carbocycles. The Morgan fingerprint density at radius 1 is 0.318 bits per heavy atom. The van der Waals surface area contributed by atoms with E-state index < -0.39 is 5.97 Å². The molecule has 0 fully saturated rings. The molecular weight excluding hydrogens is 536 g/mol. The van der Waals surface area contributed by atoms with E-state index in [0.717, 1.165) is 25.7 Å². The van der Waals surface area contributed by atoms with Gasteiger partial charge in [0.1, 0.15) is 0 Å². The molecule has 0 N–H and O–H groups in total. The molecule has 1 unspecified atom stereocenters. The van der Waals surface area contributed by atoms with Crippen LogP contribution in [0.3, 0.4) is 0 Å². The first kappa shape index (κ1) is 43.5. The zero-order valence-electron chi connectivity index (χ0n) is 30.8. The summed E-state index contributed by atoms with van der Waals surface area (Å²) in [4.78, 5) is 11.6. The average Bonchev–Trinajstić information content (AvgIpc) is 3.02. The van der Waals surface area contributed by atoms with Crippen LogP contribution in [-0.2, 0) is 4.79 Å². The van der Waals surface area contributed by atoms with Gasteiger partial charge in [0.25, 0.3) is 0 Å². The Kier molecular flexibility index (Phi) is 38.2. The molecule has 0 saturated carbocycles. The van der Waals surface area contributed by atoms with Crippen molar-refractivity contribution in [2.24, 2.45) is 5.92 Å². The van der Waals surface area contributed by atoms with Crippen molar-refractivity contribution in [3.05, 3.63) is 0 Å². The van der Waals surface area contributed by atoms with Gasteiger partial charge in [-0.25, -0.2) is 0 Å². The Labute approximate surface area is 279 Å². The minimum absolute atomic E-state index is 0.210. The van der Waals surface area contributed by atoms with Crippen LogP contribution in [0.4, 0.5) is 0 Å². The van der Waals surface area contributed by atoms with E-state index in [-0.39, 0.29) is 5.92 Å². The van der Waals surface area contributed by atoms with E-state index in [1.807, 2.05) is 0 Å². The second kappa shape index (κ2) is 38.7. The topological polar surface area (TPSA) is 40.1 Å². The van der Waals surface area contributed by atoms with Gasteiger partial charge >= 0.3 is 0 Å². The number of aliphatic carboxylic acids is 1. The van der Waals surface area contributed by atoms with Crippen LogP contribution in [0.5, 0.6) is 0 Å². The molecule has 264 valence electrons. The third kappa shape index (κ3) is 35.9. The zero-order chi connectivity index (χ0) is 32.0. The van der Waals surface area contributed by atoms with Gasteiger partial charge in [-0.05, 0) is 18.8 Å². The fraction of sp³-hybridized carbons (Fsp3) is 0.976. The normalized spacial score (nSPS) is 12.2. The maximum absolute atomic E-state index is 11.6. The van der Waals surface area contributed by atoms with Gasteiger partial charge in [0.15, 0.2) is 0 Å². The van der Waals surface area contributed by atoms with Crippen LogP contribution in [0.1, 0.15) is 258 Å². The molecule has 0 spiro atoms. The Morgan fingerprint density at radius 2 is 0.477 bits per heavy atom. The molecule has 0 aromatic rings. The van der Waals surface area contributed by atoms with Gasteiger partial charge < -0.3 is 9.90 Å². The highest BCUT2D eigenvalue weighted by Gasteiger charge is 2.09. The van der Waals surface area contributed by atoms with Crippen LogP contribution in [-0.4, -0.2) is 5.97 Å². The Balaban J connectivity index is 3.31. The molecule has 0 aliphatic rings. The molecule has 0 amide bonds. The maximum Gasteiger partial charge on any atom is 0.0445 e. The number of rotatable bonds is 39. The molecule has 0 bridgehead atoms. The van der Waals surface area contributed by atoms with Crippen molar-refractivity contribution in [3.63, 3.8) is 0 Å². The van der Waals surface area contributed by atoms with E-state index in [2.05, 4.69) is 13.8 Å². The highest BCUT2D eigenvalue weighted by Crippen LogP contribution is 2.20. The summed E-state index contributed by atoms with van der Waals surface area (Å²) in [5, 5.41) is 11.6. The highest BCUT2D eigenvalue weighted by atomic mass is 16.4. The fourth-order valence-corrected chi connectivity index (χ4v) is 6.96. The molecule has 2 heteroatoms. The molecule has 0 rings (SSSR count). The van der Waals surface area contributed by atoms with E-state index in [1.54, 1.807) is 0 Å². The van der Waals surface area contributed by atoms with Gasteiger partial charge in [-0.2, -0.15) is 0 Å². The monoisotopic (exact) mass is 620 g/mol. The van der Waals surface area contributed by atoms with Crippen LogP contribution in [0.25, 0.3) is 0 Å². The van der Waals surface area contributed by atoms with Crippen LogP contribution in [0, 0.1) is 5.92 Å². The molecule has 0 heterocycles. The first-order valence-corrected chi connectivity index (χ1v) is 20.9. The van der Waals surface area contributed by atoms with Gasteiger partial charge in [0.05, 0.1) is 0 Å². The van der Waals surface area contributed by atoms with E-state index in [9.17, 15) is 9.90 Å². The second-order valence-corrected chi connectivity index (χ2v) is 14.6. The standard InChI is InChI=1S/C42H84O2/c1-3-5-7-9-11-13-15-17-18-19-20-21-22-23-24-25-26-27-28-30-32-34-36-38-40-41(42(43)44)39-37-35-33-31-29-16-14-12-10-8-6-4-2/h41H,3-40H2,1-2H3,(H,43,44)/p-1. The van der Waals surface area contributed by atoms with Crippen molar-refractivity contribution in [1.29, 1.82) is 0 Å². The molecule has 0 aliphatic carbocycles. The lowest BCUT2D eigenvalue weighted by Crippen LogP contribution is -2.31. The van der Waals surface area contributed by atoms with Crippen molar-refractivity contribution < 1.29 is 9.90 Å². The minimum atomic E-state index is -0.804. The summed E-state index contributed by atoms with van der Waals surface area (Å²) in [5.41, 5.74) is 0. The van der Waals surface area contributed by atoms with Gasteiger partial charge in [-0.3, -0.25) is 0 Å². The summed E-state index contributed by atoms with van der Waals surface area (Å²) in [7, 11) is 0. The lowest BCUT2D eigenvalue weighted by Gasteiger charge is -2.17. The van der Waals surface area contributed by atoms with Gasteiger partial charge in [-0.1, -0.05) is 245 Å². The summed E-state index contributed by atoms with van der Waals surface area (Å²) in [5.74, 6) is -1.01. The van der Waals surface area contributed by atoms with Crippen LogP contribution < -0.4 is 5.11 Å². The van der Waals surface area contributed by atoms with Crippen LogP contribution in [0.2, 0.25) is 0 Å². The molecule has 2 nitrogen and oxygen atoms in total. The summed E-state index contributed by atoms with van der Waals surface area (Å²) < 4.78 is 0. The van der Waals surface area contributed by atoms with E-state index in [4.69, 9.17) is 0 Å². The number of hydrogen-bond donors (Lipinski definition) is 0. The van der Waals surface area contributed by atoms with Crippen LogP contribution in [0.15, 0.2) is 0 Å². The molecule has 44 heavy (non-hydrogen) atoms. The maximum atomic E-state index is 11.6. The molecule has 0 radical (unpaired) electrons. The lowest BCUT2D eigenvalue weighted by atomic mass is 9.94. The molecular formula is C42H83O2-. The zero-order valence-corrected chi connectivity index (χ0v) is 30.8. The van der Waals surface area contributed by atoms with Crippen molar-refractivity contribution in [1.82, 2.24) is 0 Å². The fourth-order valence-electron chi connectivity index (χ4n) is 6.96. The van der Waals surface area contributed by atoms with Gasteiger partial charge in [0.2, 0.25) is 0 Å². The smallest absolute Gasteiger partial charge is 0.0445 e. The largest absolute Gasteiger partial charge is 0.550 e. The number of carboxylic acids is 1. The average molecular weight is 620 g/mol. The van der Waals surface area contributed by atoms with Gasteiger partial charge in [0, 0.05) is 5.97 Å². The first-order chi connectivity index (χ1) is 21.7. The number of carbonyl (C=O) groups excluding carboxylic acids is 1. The van der Waals surface area contributed by atoms with Crippen molar-refractivity contribution in [3.8, 4) is 0 Å². The predicted molar refractivity (Wildman–Crippen MR) is 195 cm³/mol. The second-order valence-electron chi connectivity index (χ2n) is 14.6. The van der Waals surface area contributed by atoms with E-state index >= 15 is 0 Å². The number of hydrogen-bond acceptors (Lipinski definition) is 2. The number of carboxylic acid groups (broad SMARTS) is 1. The third-order valence-corrected chi connectivity index (χ3v) is 10.1. The molecule has 0 aliphatic heterocycles. The molecule has 0 aromatic heterocycles. The van der Waals surface area contributed by atoms with Crippen molar-refractivity contribution in [2.75, 3.05) is 0 Å². The summed E-state index contributed by atoms with van der Waals surface area (Å²) in [6.45, 7) is 4.58. The Hall–Kier alpha value is -0.530. The first-order valence-electron chi connectivity index (χ1n) is 20.9. The van der Waals surface area contributed by atoms with Gasteiger partial charge in [-0.15, -0.1) is 0 Å². The van der Waals surface area contributed by atoms with E-state index in [0.29, 0.717) is 0 Å². The van der Waals surface area contributed by atoms with Crippen molar-refractivity contribution >= 4 is 5.97 Å². The SMILES string of the molecule is CCCCCCCCCCCCCCCCCCCCCCCCCCC(CCCCCCCCCCCCCC)C(=O)[O-].